The molecule has 1 saturated heterocycles. The number of rotatable bonds is 1. The molecule has 2 heterocycles. The van der Waals surface area contributed by atoms with E-state index < -0.39 is 0 Å². The van der Waals surface area contributed by atoms with E-state index in [0.29, 0.717) is 22.2 Å². The van der Waals surface area contributed by atoms with Gasteiger partial charge >= 0.3 is 0 Å². The van der Waals surface area contributed by atoms with Crippen LogP contribution in [0.2, 0.25) is 5.15 Å². The van der Waals surface area contributed by atoms with Gasteiger partial charge in [-0.15, -0.1) is 0 Å². The normalized spacial score (nSPS) is 31.4. The van der Waals surface area contributed by atoms with Gasteiger partial charge in [0.25, 0.3) is 5.91 Å². The van der Waals surface area contributed by atoms with E-state index in [4.69, 9.17) is 11.6 Å². The number of nitrogens with zero attached hydrogens (tertiary/aromatic N) is 2. The van der Waals surface area contributed by atoms with Gasteiger partial charge < -0.3 is 4.90 Å². The first-order chi connectivity index (χ1) is 9.28. The number of likely N-dealkylation sites (tertiary alicyclic amines) is 1. The molecular weight excluding hydrogens is 272 g/mol. The van der Waals surface area contributed by atoms with Crippen LogP contribution in [0.3, 0.4) is 0 Å². The van der Waals surface area contributed by atoms with Gasteiger partial charge in [-0.1, -0.05) is 32.4 Å². The van der Waals surface area contributed by atoms with Crippen LogP contribution in [-0.2, 0) is 0 Å². The first-order valence-corrected chi connectivity index (χ1v) is 7.58. The largest absolute Gasteiger partial charge is 0.335 e. The molecule has 2 bridgehead atoms. The van der Waals surface area contributed by atoms with Crippen LogP contribution < -0.4 is 0 Å². The average Bonchev–Trinajstić information content (AvgIpc) is 2.58. The zero-order valence-corrected chi connectivity index (χ0v) is 13.1. The Labute approximate surface area is 125 Å². The number of fused-ring (bicyclic) bond motifs is 2. The molecule has 3 rings (SSSR count). The first-order valence-electron chi connectivity index (χ1n) is 7.21. The van der Waals surface area contributed by atoms with Crippen molar-refractivity contribution in [2.75, 3.05) is 6.54 Å². The molecule has 0 aromatic carbocycles. The van der Waals surface area contributed by atoms with Gasteiger partial charge in [0.05, 0.1) is 5.56 Å². The third-order valence-electron chi connectivity index (χ3n) is 4.65. The Bertz CT molecular complexity index is 540. The fourth-order valence-corrected chi connectivity index (χ4v) is 4.48. The maximum Gasteiger partial charge on any atom is 0.255 e. The summed E-state index contributed by atoms with van der Waals surface area (Å²) >= 11 is 5.79. The van der Waals surface area contributed by atoms with Crippen LogP contribution in [0.1, 0.15) is 50.4 Å². The standard InChI is InChI=1S/C16H21ClN2O/c1-15(2)6-12-7-16(3,9-15)10-19(12)14(20)11-4-5-13(17)18-8-11/h4-5,8,12H,6-7,9-10H2,1-3H3/t12-,16-/m1/s1. The van der Waals surface area contributed by atoms with Crippen LogP contribution in [0.5, 0.6) is 0 Å². The van der Waals surface area contributed by atoms with Crippen LogP contribution in [0.15, 0.2) is 18.3 Å². The number of carbonyl (C=O) groups excluding carboxylic acids is 1. The van der Waals surface area contributed by atoms with Crippen LogP contribution in [0.25, 0.3) is 0 Å². The van der Waals surface area contributed by atoms with Gasteiger partial charge in [-0.05, 0) is 42.2 Å². The monoisotopic (exact) mass is 292 g/mol. The Morgan fingerprint density at radius 1 is 1.35 bits per heavy atom. The maximum absolute atomic E-state index is 12.7. The second kappa shape index (κ2) is 4.45. The van der Waals surface area contributed by atoms with Gasteiger partial charge in [-0.3, -0.25) is 4.79 Å². The summed E-state index contributed by atoms with van der Waals surface area (Å²) in [6.07, 6.45) is 5.00. The Balaban J connectivity index is 1.85. The van der Waals surface area contributed by atoms with E-state index in [0.717, 1.165) is 19.4 Å². The van der Waals surface area contributed by atoms with E-state index in [9.17, 15) is 4.79 Å². The van der Waals surface area contributed by atoms with Crippen molar-refractivity contribution < 1.29 is 4.79 Å². The molecule has 1 amide bonds. The highest BCUT2D eigenvalue weighted by Crippen LogP contribution is 2.52. The van der Waals surface area contributed by atoms with Crippen molar-refractivity contribution in [3.8, 4) is 0 Å². The molecule has 4 heteroatoms. The highest BCUT2D eigenvalue weighted by Gasteiger charge is 2.50. The molecule has 0 N–H and O–H groups in total. The van der Waals surface area contributed by atoms with Gasteiger partial charge in [-0.25, -0.2) is 4.98 Å². The molecule has 0 unspecified atom stereocenters. The topological polar surface area (TPSA) is 33.2 Å². The van der Waals surface area contributed by atoms with E-state index in [1.807, 2.05) is 0 Å². The molecular formula is C16H21ClN2O. The molecule has 2 aliphatic rings. The highest BCUT2D eigenvalue weighted by atomic mass is 35.5. The van der Waals surface area contributed by atoms with Crippen LogP contribution in [-0.4, -0.2) is 28.4 Å². The van der Waals surface area contributed by atoms with Gasteiger partial charge in [0, 0.05) is 18.8 Å². The SMILES string of the molecule is CC1(C)C[C@@H]2C[C@@](C)(CN2C(=O)c2ccc(Cl)nc2)C1. The van der Waals surface area contributed by atoms with Gasteiger partial charge in [0.1, 0.15) is 5.15 Å². The third kappa shape index (κ3) is 2.44. The molecule has 1 aliphatic heterocycles. The van der Waals surface area contributed by atoms with Crippen molar-refractivity contribution in [3.63, 3.8) is 0 Å². The molecule has 1 aliphatic carbocycles. The predicted octanol–water partition coefficient (Wildman–Crippen LogP) is 3.78. The Kier molecular flexibility index (Phi) is 3.09. The number of amides is 1. The number of pyridine rings is 1. The van der Waals surface area contributed by atoms with E-state index in [2.05, 4.69) is 30.7 Å². The van der Waals surface area contributed by atoms with Crippen LogP contribution >= 0.6 is 11.6 Å². The summed E-state index contributed by atoms with van der Waals surface area (Å²) in [4.78, 5) is 18.8. The smallest absolute Gasteiger partial charge is 0.255 e. The van der Waals surface area contributed by atoms with Crippen molar-refractivity contribution in [1.29, 1.82) is 0 Å². The summed E-state index contributed by atoms with van der Waals surface area (Å²) < 4.78 is 0. The van der Waals surface area contributed by atoms with E-state index in [-0.39, 0.29) is 11.3 Å². The van der Waals surface area contributed by atoms with Crippen molar-refractivity contribution >= 4 is 17.5 Å². The van der Waals surface area contributed by atoms with Gasteiger partial charge in [0.2, 0.25) is 0 Å². The Morgan fingerprint density at radius 2 is 2.10 bits per heavy atom. The summed E-state index contributed by atoms with van der Waals surface area (Å²) in [6, 6.07) is 3.82. The van der Waals surface area contributed by atoms with Gasteiger partial charge in [-0.2, -0.15) is 0 Å². The summed E-state index contributed by atoms with van der Waals surface area (Å²) in [5.74, 6) is 0.0978. The second-order valence-corrected chi connectivity index (χ2v) is 7.90. The Hall–Kier alpha value is -1.09. The van der Waals surface area contributed by atoms with Crippen molar-refractivity contribution in [2.24, 2.45) is 10.8 Å². The lowest BCUT2D eigenvalue weighted by molar-refractivity contribution is 0.0708. The summed E-state index contributed by atoms with van der Waals surface area (Å²) in [5.41, 5.74) is 1.23. The maximum atomic E-state index is 12.7. The number of carbonyl (C=O) groups is 1. The first kappa shape index (κ1) is 13.9. The molecule has 2 atom stereocenters. The predicted molar refractivity (Wildman–Crippen MR) is 79.8 cm³/mol. The third-order valence-corrected chi connectivity index (χ3v) is 4.87. The molecule has 3 nitrogen and oxygen atoms in total. The fraction of sp³-hybridized carbons (Fsp3) is 0.625. The summed E-state index contributed by atoms with van der Waals surface area (Å²) in [6.45, 7) is 7.81. The lowest BCUT2D eigenvalue weighted by Crippen LogP contribution is -2.37. The summed E-state index contributed by atoms with van der Waals surface area (Å²) in [5, 5.41) is 0.426. The van der Waals surface area contributed by atoms with E-state index in [1.165, 1.54) is 6.42 Å². The summed E-state index contributed by atoms with van der Waals surface area (Å²) in [7, 11) is 0. The van der Waals surface area contributed by atoms with Gasteiger partial charge in [0.15, 0.2) is 0 Å². The average molecular weight is 293 g/mol. The molecule has 1 aromatic heterocycles. The number of hydrogen-bond acceptors (Lipinski definition) is 2. The Morgan fingerprint density at radius 3 is 2.75 bits per heavy atom. The zero-order chi connectivity index (χ0) is 14.5. The number of halogens is 1. The van der Waals surface area contributed by atoms with E-state index in [1.54, 1.807) is 18.3 Å². The molecule has 0 spiro atoms. The zero-order valence-electron chi connectivity index (χ0n) is 12.3. The minimum Gasteiger partial charge on any atom is -0.335 e. The quantitative estimate of drug-likeness (QED) is 0.738. The minimum absolute atomic E-state index is 0.0978. The molecule has 0 radical (unpaired) electrons. The lowest BCUT2D eigenvalue weighted by Gasteiger charge is -2.39. The molecule has 1 saturated carbocycles. The van der Waals surface area contributed by atoms with E-state index >= 15 is 0 Å². The number of hydrogen-bond donors (Lipinski definition) is 0. The molecule has 1 aromatic rings. The molecule has 2 fully saturated rings. The lowest BCUT2D eigenvalue weighted by atomic mass is 9.65. The van der Waals surface area contributed by atoms with Crippen molar-refractivity contribution in [3.05, 3.63) is 29.0 Å². The molecule has 20 heavy (non-hydrogen) atoms. The minimum atomic E-state index is 0.0978. The van der Waals surface area contributed by atoms with Crippen molar-refractivity contribution in [2.45, 2.75) is 46.1 Å². The second-order valence-electron chi connectivity index (χ2n) is 7.52. The highest BCUT2D eigenvalue weighted by molar-refractivity contribution is 6.29. The molecule has 108 valence electrons. The van der Waals surface area contributed by atoms with Crippen molar-refractivity contribution in [1.82, 2.24) is 9.88 Å². The van der Waals surface area contributed by atoms with Crippen LogP contribution in [0.4, 0.5) is 0 Å². The number of aromatic nitrogens is 1. The van der Waals surface area contributed by atoms with Crippen LogP contribution in [0, 0.1) is 10.8 Å². The fourth-order valence-electron chi connectivity index (χ4n) is 4.37.